The zero-order valence-corrected chi connectivity index (χ0v) is 14.0. The molecule has 1 heterocycles. The first-order chi connectivity index (χ1) is 9.94. The largest absolute Gasteiger partial charge is 0.466 e. The van der Waals surface area contributed by atoms with Crippen LogP contribution in [-0.2, 0) is 19.6 Å². The molecule has 1 N–H and O–H groups in total. The highest BCUT2D eigenvalue weighted by Crippen LogP contribution is 2.15. The minimum absolute atomic E-state index is 0.0264. The fraction of sp³-hybridized carbons (Fsp3) is 0.929. The van der Waals surface area contributed by atoms with Crippen LogP contribution in [0.15, 0.2) is 0 Å². The smallest absolute Gasteiger partial charge is 0.305 e. The summed E-state index contributed by atoms with van der Waals surface area (Å²) in [4.78, 5) is 13.5. The highest BCUT2D eigenvalue weighted by molar-refractivity contribution is 7.89. The molecular formula is C14H28N2O4S. The fourth-order valence-electron chi connectivity index (χ4n) is 2.55. The quantitative estimate of drug-likeness (QED) is 0.644. The summed E-state index contributed by atoms with van der Waals surface area (Å²) in [7, 11) is -3.29. The first-order valence-electron chi connectivity index (χ1n) is 7.81. The lowest BCUT2D eigenvalue weighted by molar-refractivity contribution is -0.143. The topological polar surface area (TPSA) is 75.7 Å². The summed E-state index contributed by atoms with van der Waals surface area (Å²) in [6.45, 7) is 6.48. The van der Waals surface area contributed by atoms with E-state index in [-0.39, 0.29) is 18.1 Å². The maximum absolute atomic E-state index is 11.8. The molecule has 0 bridgehead atoms. The van der Waals surface area contributed by atoms with Crippen molar-refractivity contribution in [3.63, 3.8) is 0 Å². The second-order valence-corrected chi connectivity index (χ2v) is 7.43. The van der Waals surface area contributed by atoms with Crippen molar-refractivity contribution in [2.75, 3.05) is 32.0 Å². The second-order valence-electron chi connectivity index (χ2n) is 5.50. The lowest BCUT2D eigenvalue weighted by Gasteiger charge is -2.33. The van der Waals surface area contributed by atoms with Gasteiger partial charge in [0.2, 0.25) is 10.0 Å². The number of carbonyl (C=O) groups is 1. The minimum atomic E-state index is -3.29. The molecule has 124 valence electrons. The Labute approximate surface area is 128 Å². The summed E-state index contributed by atoms with van der Waals surface area (Å²) in [5, 5.41) is 0. The molecule has 1 atom stereocenters. The maximum atomic E-state index is 11.8. The first kappa shape index (κ1) is 18.4. The molecule has 0 radical (unpaired) electrons. The molecule has 0 aromatic carbocycles. The van der Waals surface area contributed by atoms with E-state index in [2.05, 4.69) is 16.5 Å². The van der Waals surface area contributed by atoms with E-state index in [0.29, 0.717) is 25.6 Å². The lowest BCUT2D eigenvalue weighted by Crippen LogP contribution is -2.42. The monoisotopic (exact) mass is 320 g/mol. The van der Waals surface area contributed by atoms with Crippen molar-refractivity contribution in [2.45, 2.75) is 52.0 Å². The van der Waals surface area contributed by atoms with Gasteiger partial charge in [0.25, 0.3) is 0 Å². The predicted octanol–water partition coefficient (Wildman–Crippen LogP) is 1.12. The average Bonchev–Trinajstić information content (AvgIpc) is 2.41. The number of esters is 1. The van der Waals surface area contributed by atoms with Crippen molar-refractivity contribution in [1.82, 2.24) is 9.62 Å². The summed E-state index contributed by atoms with van der Waals surface area (Å²) in [5.74, 6) is -0.365. The molecule has 1 rings (SSSR count). The fourth-order valence-corrected chi connectivity index (χ4v) is 3.62. The van der Waals surface area contributed by atoms with E-state index in [9.17, 15) is 13.2 Å². The Hall–Kier alpha value is -0.660. The molecule has 0 amide bonds. The molecule has 0 aliphatic carbocycles. The van der Waals surface area contributed by atoms with Gasteiger partial charge in [-0.05, 0) is 39.7 Å². The van der Waals surface area contributed by atoms with Crippen molar-refractivity contribution in [3.8, 4) is 0 Å². The molecule has 1 aliphatic rings. The Morgan fingerprint density at radius 2 is 2.14 bits per heavy atom. The first-order valence-corrected chi connectivity index (χ1v) is 9.47. The number of ether oxygens (including phenoxy) is 1. The Kier molecular flexibility index (Phi) is 8.21. The minimum Gasteiger partial charge on any atom is -0.466 e. The molecule has 0 spiro atoms. The number of carbonyl (C=O) groups excluding carboxylic acids is 1. The van der Waals surface area contributed by atoms with Gasteiger partial charge in [0.15, 0.2) is 0 Å². The maximum Gasteiger partial charge on any atom is 0.305 e. The number of piperidine rings is 1. The van der Waals surface area contributed by atoms with E-state index in [1.54, 1.807) is 6.92 Å². The summed E-state index contributed by atoms with van der Waals surface area (Å²) < 4.78 is 31.0. The van der Waals surface area contributed by atoms with Gasteiger partial charge in [0.05, 0.1) is 12.4 Å². The number of sulfonamides is 1. The Balaban J connectivity index is 2.18. The van der Waals surface area contributed by atoms with Crippen LogP contribution in [-0.4, -0.2) is 57.3 Å². The third-order valence-corrected chi connectivity index (χ3v) is 5.23. The van der Waals surface area contributed by atoms with E-state index in [1.807, 2.05) is 0 Å². The van der Waals surface area contributed by atoms with Crippen molar-refractivity contribution in [2.24, 2.45) is 0 Å². The van der Waals surface area contributed by atoms with Crippen LogP contribution >= 0.6 is 0 Å². The standard InChI is InChI=1S/C14H28N2O4S/c1-3-20-14(17)8-6-12-21(18,19)15-9-11-16-10-5-4-7-13(16)2/h13,15H,3-12H2,1-2H3. The third kappa shape index (κ3) is 7.78. The number of nitrogens with zero attached hydrogens (tertiary/aromatic N) is 1. The van der Waals surface area contributed by atoms with Crippen molar-refractivity contribution in [1.29, 1.82) is 0 Å². The highest BCUT2D eigenvalue weighted by atomic mass is 32.2. The molecule has 21 heavy (non-hydrogen) atoms. The van der Waals surface area contributed by atoms with Gasteiger partial charge in [-0.25, -0.2) is 13.1 Å². The van der Waals surface area contributed by atoms with Gasteiger partial charge in [-0.3, -0.25) is 9.69 Å². The van der Waals surface area contributed by atoms with Gasteiger partial charge in [-0.2, -0.15) is 0 Å². The van der Waals surface area contributed by atoms with E-state index in [0.717, 1.165) is 13.1 Å². The van der Waals surface area contributed by atoms with Gasteiger partial charge < -0.3 is 4.74 Å². The van der Waals surface area contributed by atoms with Crippen molar-refractivity contribution < 1.29 is 17.9 Å². The van der Waals surface area contributed by atoms with Gasteiger partial charge in [-0.15, -0.1) is 0 Å². The van der Waals surface area contributed by atoms with E-state index < -0.39 is 10.0 Å². The van der Waals surface area contributed by atoms with Crippen LogP contribution in [0.2, 0.25) is 0 Å². The van der Waals surface area contributed by atoms with E-state index >= 15 is 0 Å². The molecule has 1 aliphatic heterocycles. The number of nitrogens with one attached hydrogen (secondary N) is 1. The summed E-state index contributed by atoms with van der Waals surface area (Å²) in [5.41, 5.74) is 0. The molecular weight excluding hydrogens is 292 g/mol. The van der Waals surface area contributed by atoms with Crippen molar-refractivity contribution >= 4 is 16.0 Å². The van der Waals surface area contributed by atoms with Crippen LogP contribution in [0.3, 0.4) is 0 Å². The highest BCUT2D eigenvalue weighted by Gasteiger charge is 2.18. The van der Waals surface area contributed by atoms with Crippen LogP contribution in [0.5, 0.6) is 0 Å². The lowest BCUT2D eigenvalue weighted by atomic mass is 10.0. The van der Waals surface area contributed by atoms with Crippen molar-refractivity contribution in [3.05, 3.63) is 0 Å². The van der Waals surface area contributed by atoms with Crippen LogP contribution in [0, 0.1) is 0 Å². The SMILES string of the molecule is CCOC(=O)CCCS(=O)(=O)NCCN1CCCCC1C. The number of likely N-dealkylation sites (tertiary alicyclic amines) is 1. The van der Waals surface area contributed by atoms with Crippen LogP contribution < -0.4 is 4.72 Å². The molecule has 0 aromatic rings. The normalized spacial score (nSPS) is 20.4. The molecule has 6 nitrogen and oxygen atoms in total. The van der Waals surface area contributed by atoms with E-state index in [1.165, 1.54) is 19.3 Å². The zero-order chi connectivity index (χ0) is 15.7. The molecule has 7 heteroatoms. The summed E-state index contributed by atoms with van der Waals surface area (Å²) in [6, 6.07) is 0.534. The van der Waals surface area contributed by atoms with E-state index in [4.69, 9.17) is 4.74 Å². The molecule has 0 saturated carbocycles. The number of hydrogen-bond donors (Lipinski definition) is 1. The average molecular weight is 320 g/mol. The molecule has 0 aromatic heterocycles. The second kappa shape index (κ2) is 9.38. The Bertz CT molecular complexity index is 411. The van der Waals surface area contributed by atoms with Crippen LogP contribution in [0.25, 0.3) is 0 Å². The summed E-state index contributed by atoms with van der Waals surface area (Å²) >= 11 is 0. The number of hydrogen-bond acceptors (Lipinski definition) is 5. The molecule has 1 fully saturated rings. The molecule has 1 saturated heterocycles. The van der Waals surface area contributed by atoms with Gasteiger partial charge in [-0.1, -0.05) is 6.42 Å². The Morgan fingerprint density at radius 3 is 2.81 bits per heavy atom. The van der Waals surface area contributed by atoms with Crippen LogP contribution in [0.1, 0.15) is 46.0 Å². The van der Waals surface area contributed by atoms with Gasteiger partial charge >= 0.3 is 5.97 Å². The van der Waals surface area contributed by atoms with Crippen LogP contribution in [0.4, 0.5) is 0 Å². The zero-order valence-electron chi connectivity index (χ0n) is 13.1. The van der Waals surface area contributed by atoms with Gasteiger partial charge in [0.1, 0.15) is 0 Å². The summed E-state index contributed by atoms with van der Waals surface area (Å²) in [6.07, 6.45) is 4.09. The Morgan fingerprint density at radius 1 is 1.38 bits per heavy atom. The molecule has 1 unspecified atom stereocenters. The predicted molar refractivity (Wildman–Crippen MR) is 82.5 cm³/mol. The number of rotatable bonds is 9. The van der Waals surface area contributed by atoms with Gasteiger partial charge in [0, 0.05) is 25.6 Å². The third-order valence-electron chi connectivity index (χ3n) is 3.76.